The van der Waals surface area contributed by atoms with Gasteiger partial charge in [-0.05, 0) is 36.5 Å². The number of rotatable bonds is 3. The van der Waals surface area contributed by atoms with Crippen LogP contribution < -0.4 is 0 Å². The van der Waals surface area contributed by atoms with Crippen molar-refractivity contribution in [2.24, 2.45) is 0 Å². The average molecular weight is 265 g/mol. The highest BCUT2D eigenvalue weighted by Gasteiger charge is 2.06. The van der Waals surface area contributed by atoms with E-state index >= 15 is 0 Å². The first-order valence-corrected chi connectivity index (χ1v) is 6.16. The molecule has 0 radical (unpaired) electrons. The molecule has 0 aromatic heterocycles. The van der Waals surface area contributed by atoms with Crippen molar-refractivity contribution in [3.63, 3.8) is 0 Å². The summed E-state index contributed by atoms with van der Waals surface area (Å²) in [6, 6.07) is 6.64. The van der Waals surface area contributed by atoms with Crippen LogP contribution in [0.3, 0.4) is 0 Å². The molecule has 1 aromatic rings. The van der Waals surface area contributed by atoms with Crippen LogP contribution in [0.1, 0.15) is 44.2 Å². The van der Waals surface area contributed by atoms with Crippen molar-refractivity contribution < 1.29 is 0 Å². The molecular formula is C14H17Br. The van der Waals surface area contributed by atoms with Crippen molar-refractivity contribution in [3.05, 3.63) is 33.8 Å². The van der Waals surface area contributed by atoms with Crippen LogP contribution in [-0.4, -0.2) is 0 Å². The summed E-state index contributed by atoms with van der Waals surface area (Å²) in [5.41, 5.74) is 2.73. The second-order valence-corrected chi connectivity index (χ2v) is 4.59. The third-order valence-corrected chi connectivity index (χ3v) is 3.35. The highest BCUT2D eigenvalue weighted by molar-refractivity contribution is 9.10. The molecule has 0 spiro atoms. The zero-order chi connectivity index (χ0) is 11.3. The fraction of sp³-hybridized carbons (Fsp3) is 0.429. The maximum Gasteiger partial charge on any atom is 0.0210 e. The molecule has 15 heavy (non-hydrogen) atoms. The van der Waals surface area contributed by atoms with Gasteiger partial charge in [-0.3, -0.25) is 0 Å². The molecular weight excluding hydrogens is 248 g/mol. The summed E-state index contributed by atoms with van der Waals surface area (Å²) in [6.45, 7) is 6.28. The van der Waals surface area contributed by atoms with Crippen LogP contribution >= 0.6 is 15.9 Å². The van der Waals surface area contributed by atoms with E-state index in [2.05, 4.69) is 59.8 Å². The molecule has 1 unspecified atom stereocenters. The molecule has 1 aromatic carbocycles. The van der Waals surface area contributed by atoms with Gasteiger partial charge in [-0.1, -0.05) is 41.9 Å². The lowest BCUT2D eigenvalue weighted by atomic mass is 9.96. The maximum atomic E-state index is 3.61. The molecule has 0 fully saturated rings. The minimum absolute atomic E-state index is 0.514. The molecule has 0 bridgehead atoms. The van der Waals surface area contributed by atoms with Crippen LogP contribution in [0.5, 0.6) is 0 Å². The highest BCUT2D eigenvalue weighted by atomic mass is 79.9. The molecule has 0 aliphatic carbocycles. The van der Waals surface area contributed by atoms with Gasteiger partial charge in [-0.25, -0.2) is 0 Å². The van der Waals surface area contributed by atoms with E-state index in [9.17, 15) is 0 Å². The summed E-state index contributed by atoms with van der Waals surface area (Å²) >= 11 is 3.61. The topological polar surface area (TPSA) is 0 Å². The van der Waals surface area contributed by atoms with Crippen LogP contribution in [0.4, 0.5) is 0 Å². The summed E-state index contributed by atoms with van der Waals surface area (Å²) in [7, 11) is 0. The van der Waals surface area contributed by atoms with E-state index in [-0.39, 0.29) is 0 Å². The lowest BCUT2D eigenvalue weighted by Gasteiger charge is -2.10. The molecule has 0 heterocycles. The van der Waals surface area contributed by atoms with Gasteiger partial charge in [0.25, 0.3) is 0 Å². The Balaban J connectivity index is 2.85. The van der Waals surface area contributed by atoms with E-state index in [0.29, 0.717) is 5.92 Å². The Labute approximate surface area is 101 Å². The second-order valence-electron chi connectivity index (χ2n) is 3.74. The van der Waals surface area contributed by atoms with Gasteiger partial charge < -0.3 is 0 Å². The molecule has 0 amide bonds. The summed E-state index contributed by atoms with van der Waals surface area (Å²) in [5, 5.41) is 0. The van der Waals surface area contributed by atoms with E-state index in [0.717, 1.165) is 12.8 Å². The zero-order valence-corrected chi connectivity index (χ0v) is 11.2. The third-order valence-electron chi connectivity index (χ3n) is 2.61. The van der Waals surface area contributed by atoms with Crippen molar-refractivity contribution >= 4 is 15.9 Å². The van der Waals surface area contributed by atoms with Crippen LogP contribution in [0.15, 0.2) is 22.7 Å². The average Bonchev–Trinajstić information content (AvgIpc) is 2.25. The minimum Gasteiger partial charge on any atom is -0.107 e. The normalized spacial score (nSPS) is 11.7. The Bertz CT molecular complexity index is 382. The van der Waals surface area contributed by atoms with Gasteiger partial charge in [-0.15, -0.1) is 11.8 Å². The van der Waals surface area contributed by atoms with Crippen molar-refractivity contribution in [2.75, 3.05) is 0 Å². The lowest BCUT2D eigenvalue weighted by molar-refractivity contribution is 0.794. The lowest BCUT2D eigenvalue weighted by Crippen LogP contribution is -1.93. The van der Waals surface area contributed by atoms with Crippen molar-refractivity contribution in [2.45, 2.75) is 39.5 Å². The van der Waals surface area contributed by atoms with Gasteiger partial charge in [0.1, 0.15) is 0 Å². The third kappa shape index (κ3) is 3.39. The Morgan fingerprint density at radius 3 is 2.67 bits per heavy atom. The van der Waals surface area contributed by atoms with Crippen LogP contribution in [0.25, 0.3) is 0 Å². The molecule has 0 saturated heterocycles. The fourth-order valence-electron chi connectivity index (χ4n) is 1.53. The standard InChI is InChI=1S/C14H17Br/c1-4-6-7-11(3)13-9-8-12(5-2)14(15)10-13/h8-11H,5,7H2,1-3H3. The summed E-state index contributed by atoms with van der Waals surface area (Å²) in [6.07, 6.45) is 2.01. The molecule has 1 heteroatoms. The predicted octanol–water partition coefficient (Wildman–Crippen LogP) is 4.53. The van der Waals surface area contributed by atoms with Crippen LogP contribution in [0, 0.1) is 11.8 Å². The Kier molecular flexibility index (Phi) is 4.91. The highest BCUT2D eigenvalue weighted by Crippen LogP contribution is 2.25. The Morgan fingerprint density at radius 2 is 2.13 bits per heavy atom. The Morgan fingerprint density at radius 1 is 1.40 bits per heavy atom. The Hall–Kier alpha value is -0.740. The van der Waals surface area contributed by atoms with Gasteiger partial charge in [0, 0.05) is 10.9 Å². The largest absolute Gasteiger partial charge is 0.107 e. The number of halogens is 1. The molecule has 0 N–H and O–H groups in total. The van der Waals surface area contributed by atoms with Gasteiger partial charge in [0.05, 0.1) is 0 Å². The first-order chi connectivity index (χ1) is 7.19. The van der Waals surface area contributed by atoms with Crippen LogP contribution in [0.2, 0.25) is 0 Å². The molecule has 0 saturated carbocycles. The van der Waals surface area contributed by atoms with Gasteiger partial charge in [0.15, 0.2) is 0 Å². The summed E-state index contributed by atoms with van der Waals surface area (Å²) in [5.74, 6) is 6.59. The number of benzene rings is 1. The van der Waals surface area contributed by atoms with E-state index in [1.165, 1.54) is 15.6 Å². The van der Waals surface area contributed by atoms with Crippen LogP contribution in [-0.2, 0) is 6.42 Å². The number of hydrogen-bond acceptors (Lipinski definition) is 0. The zero-order valence-electron chi connectivity index (χ0n) is 9.60. The van der Waals surface area contributed by atoms with Gasteiger partial charge in [-0.2, -0.15) is 0 Å². The monoisotopic (exact) mass is 264 g/mol. The van der Waals surface area contributed by atoms with Crippen molar-refractivity contribution in [1.29, 1.82) is 0 Å². The maximum absolute atomic E-state index is 3.61. The molecule has 1 rings (SSSR count). The van der Waals surface area contributed by atoms with E-state index in [4.69, 9.17) is 0 Å². The molecule has 80 valence electrons. The van der Waals surface area contributed by atoms with Crippen molar-refractivity contribution in [3.8, 4) is 11.8 Å². The molecule has 1 atom stereocenters. The molecule has 0 aliphatic rings. The summed E-state index contributed by atoms with van der Waals surface area (Å²) in [4.78, 5) is 0. The smallest absolute Gasteiger partial charge is 0.0210 e. The molecule has 0 nitrogen and oxygen atoms in total. The number of hydrogen-bond donors (Lipinski definition) is 0. The van der Waals surface area contributed by atoms with Gasteiger partial charge in [0.2, 0.25) is 0 Å². The van der Waals surface area contributed by atoms with E-state index in [1.807, 2.05) is 6.92 Å². The first kappa shape index (κ1) is 12.3. The van der Waals surface area contributed by atoms with Gasteiger partial charge >= 0.3 is 0 Å². The second kappa shape index (κ2) is 5.98. The van der Waals surface area contributed by atoms with E-state index < -0.39 is 0 Å². The minimum atomic E-state index is 0.514. The first-order valence-electron chi connectivity index (χ1n) is 5.37. The quantitative estimate of drug-likeness (QED) is 0.704. The predicted molar refractivity (Wildman–Crippen MR) is 70.0 cm³/mol. The summed E-state index contributed by atoms with van der Waals surface area (Å²) < 4.78 is 1.22. The SMILES string of the molecule is CC#CCC(C)c1ccc(CC)c(Br)c1. The van der Waals surface area contributed by atoms with E-state index in [1.54, 1.807) is 0 Å². The number of aryl methyl sites for hydroxylation is 1. The molecule has 0 aliphatic heterocycles. The fourth-order valence-corrected chi connectivity index (χ4v) is 2.21. The van der Waals surface area contributed by atoms with Crippen molar-refractivity contribution in [1.82, 2.24) is 0 Å².